The van der Waals surface area contributed by atoms with E-state index in [0.717, 1.165) is 19.5 Å². The van der Waals surface area contributed by atoms with E-state index < -0.39 is 0 Å². The van der Waals surface area contributed by atoms with Crippen molar-refractivity contribution in [3.63, 3.8) is 0 Å². The average Bonchev–Trinajstić information content (AvgIpc) is 2.40. The van der Waals surface area contributed by atoms with Gasteiger partial charge in [-0.05, 0) is 49.3 Å². The lowest BCUT2D eigenvalue weighted by molar-refractivity contribution is 0.275. The Morgan fingerprint density at radius 2 is 2.22 bits per heavy atom. The Bertz CT molecular complexity index is 419. The number of hydrogen-bond donors (Lipinski definition) is 0. The van der Waals surface area contributed by atoms with Gasteiger partial charge >= 0.3 is 0 Å². The van der Waals surface area contributed by atoms with Crippen molar-refractivity contribution < 1.29 is 0 Å². The number of aryl methyl sites for hydroxylation is 1. The molecule has 0 radical (unpaired) electrons. The lowest BCUT2D eigenvalue weighted by Gasteiger charge is -2.30. The second-order valence-corrected chi connectivity index (χ2v) is 5.18. The summed E-state index contributed by atoms with van der Waals surface area (Å²) in [7, 11) is 0. The van der Waals surface area contributed by atoms with Crippen molar-refractivity contribution in [2.75, 3.05) is 19.6 Å². The highest BCUT2D eigenvalue weighted by molar-refractivity contribution is 5.32. The van der Waals surface area contributed by atoms with E-state index in [1.165, 1.54) is 30.4 Å². The van der Waals surface area contributed by atoms with Crippen molar-refractivity contribution in [2.24, 2.45) is 0 Å². The van der Waals surface area contributed by atoms with E-state index in [9.17, 15) is 0 Å². The van der Waals surface area contributed by atoms with E-state index in [1.807, 2.05) is 0 Å². The molecule has 0 saturated carbocycles. The molecule has 0 saturated heterocycles. The first-order valence-corrected chi connectivity index (χ1v) is 7.02. The van der Waals surface area contributed by atoms with Gasteiger partial charge in [0, 0.05) is 6.54 Å². The highest BCUT2D eigenvalue weighted by atomic mass is 15.1. The third-order valence-corrected chi connectivity index (χ3v) is 3.81. The van der Waals surface area contributed by atoms with E-state index in [1.54, 1.807) is 0 Å². The molecule has 1 atom stereocenters. The summed E-state index contributed by atoms with van der Waals surface area (Å²) < 4.78 is 0. The van der Waals surface area contributed by atoms with Gasteiger partial charge in [0.05, 0.1) is 12.6 Å². The van der Waals surface area contributed by atoms with Crippen molar-refractivity contribution in [1.29, 1.82) is 5.26 Å². The van der Waals surface area contributed by atoms with Gasteiger partial charge in [0.15, 0.2) is 0 Å². The highest BCUT2D eigenvalue weighted by Gasteiger charge is 2.21. The Kier molecular flexibility index (Phi) is 4.78. The zero-order valence-corrected chi connectivity index (χ0v) is 11.2. The summed E-state index contributed by atoms with van der Waals surface area (Å²) in [5.74, 6) is 0.620. The summed E-state index contributed by atoms with van der Waals surface area (Å²) in [6.45, 7) is 4.82. The standard InChI is InChI=1S/C16H22N2/c1-2-11-18(12-10-17)13-15-8-5-7-14-6-3-4-9-16(14)15/h3-4,6,9,15H,2,5,7-8,11-13H2,1H3. The summed E-state index contributed by atoms with van der Waals surface area (Å²) in [5, 5.41) is 8.90. The minimum atomic E-state index is 0.562. The monoisotopic (exact) mass is 242 g/mol. The molecule has 18 heavy (non-hydrogen) atoms. The van der Waals surface area contributed by atoms with Gasteiger partial charge in [-0.15, -0.1) is 0 Å². The van der Waals surface area contributed by atoms with Crippen molar-refractivity contribution in [3.05, 3.63) is 35.4 Å². The first kappa shape index (κ1) is 13.1. The van der Waals surface area contributed by atoms with Crippen LogP contribution in [0, 0.1) is 11.3 Å². The molecule has 0 amide bonds. The molecule has 0 fully saturated rings. The summed E-state index contributed by atoms with van der Waals surface area (Å²) >= 11 is 0. The van der Waals surface area contributed by atoms with Crippen molar-refractivity contribution >= 4 is 0 Å². The number of hydrogen-bond acceptors (Lipinski definition) is 2. The van der Waals surface area contributed by atoms with Crippen LogP contribution in [0.3, 0.4) is 0 Å². The molecular weight excluding hydrogens is 220 g/mol. The minimum absolute atomic E-state index is 0.562. The molecule has 0 N–H and O–H groups in total. The molecular formula is C16H22N2. The molecule has 1 aliphatic rings. The molecule has 1 aliphatic carbocycles. The number of benzene rings is 1. The zero-order chi connectivity index (χ0) is 12.8. The number of nitrogens with zero attached hydrogens (tertiary/aromatic N) is 2. The second kappa shape index (κ2) is 6.56. The molecule has 0 aromatic heterocycles. The third kappa shape index (κ3) is 3.11. The predicted octanol–water partition coefficient (Wildman–Crippen LogP) is 3.34. The Morgan fingerprint density at radius 1 is 1.39 bits per heavy atom. The van der Waals surface area contributed by atoms with Gasteiger partial charge < -0.3 is 0 Å². The average molecular weight is 242 g/mol. The lowest BCUT2D eigenvalue weighted by Crippen LogP contribution is -2.31. The molecule has 1 aromatic carbocycles. The smallest absolute Gasteiger partial charge is 0.0866 e. The van der Waals surface area contributed by atoms with Gasteiger partial charge in [0.2, 0.25) is 0 Å². The van der Waals surface area contributed by atoms with Crippen LogP contribution in [-0.2, 0) is 6.42 Å². The van der Waals surface area contributed by atoms with Crippen LogP contribution in [-0.4, -0.2) is 24.5 Å². The fourth-order valence-electron chi connectivity index (χ4n) is 3.01. The maximum atomic E-state index is 8.90. The molecule has 0 aliphatic heterocycles. The fourth-order valence-corrected chi connectivity index (χ4v) is 3.01. The Morgan fingerprint density at radius 3 is 3.00 bits per heavy atom. The van der Waals surface area contributed by atoms with E-state index in [-0.39, 0.29) is 0 Å². The van der Waals surface area contributed by atoms with Crippen molar-refractivity contribution in [2.45, 2.75) is 38.5 Å². The van der Waals surface area contributed by atoms with E-state index >= 15 is 0 Å². The van der Waals surface area contributed by atoms with Gasteiger partial charge in [0.1, 0.15) is 0 Å². The van der Waals surface area contributed by atoms with Crippen LogP contribution in [0.4, 0.5) is 0 Å². The van der Waals surface area contributed by atoms with Crippen LogP contribution in [0.1, 0.15) is 43.2 Å². The summed E-state index contributed by atoms with van der Waals surface area (Å²) in [6, 6.07) is 11.1. The second-order valence-electron chi connectivity index (χ2n) is 5.18. The predicted molar refractivity (Wildman–Crippen MR) is 74.5 cm³/mol. The number of rotatable bonds is 5. The van der Waals surface area contributed by atoms with Gasteiger partial charge in [-0.2, -0.15) is 5.26 Å². The normalized spacial score (nSPS) is 18.4. The first-order valence-electron chi connectivity index (χ1n) is 7.02. The Hall–Kier alpha value is -1.33. The van der Waals surface area contributed by atoms with Crippen LogP contribution in [0.25, 0.3) is 0 Å². The number of nitriles is 1. The molecule has 0 heterocycles. The van der Waals surface area contributed by atoms with Gasteiger partial charge in [0.25, 0.3) is 0 Å². The summed E-state index contributed by atoms with van der Waals surface area (Å²) in [4.78, 5) is 2.30. The van der Waals surface area contributed by atoms with Gasteiger partial charge in [-0.1, -0.05) is 31.2 Å². The van der Waals surface area contributed by atoms with Crippen LogP contribution >= 0.6 is 0 Å². The molecule has 2 rings (SSSR count). The molecule has 0 spiro atoms. The van der Waals surface area contributed by atoms with Crippen LogP contribution in [0.5, 0.6) is 0 Å². The molecule has 2 nitrogen and oxygen atoms in total. The quantitative estimate of drug-likeness (QED) is 0.740. The summed E-state index contributed by atoms with van der Waals surface area (Å²) in [5.41, 5.74) is 3.03. The van der Waals surface area contributed by atoms with Crippen molar-refractivity contribution in [1.82, 2.24) is 4.90 Å². The first-order chi connectivity index (χ1) is 8.85. The Labute approximate surface area is 110 Å². The fraction of sp³-hybridized carbons (Fsp3) is 0.562. The minimum Gasteiger partial charge on any atom is -0.290 e. The molecule has 1 unspecified atom stereocenters. The lowest BCUT2D eigenvalue weighted by atomic mass is 9.82. The molecule has 1 aromatic rings. The topological polar surface area (TPSA) is 27.0 Å². The Balaban J connectivity index is 2.08. The number of fused-ring (bicyclic) bond motifs is 1. The maximum absolute atomic E-state index is 8.90. The molecule has 0 bridgehead atoms. The van der Waals surface area contributed by atoms with E-state index in [0.29, 0.717) is 12.5 Å². The van der Waals surface area contributed by atoms with Gasteiger partial charge in [-0.3, -0.25) is 4.90 Å². The SMILES string of the molecule is CCCN(CC#N)CC1CCCc2ccccc21. The third-order valence-electron chi connectivity index (χ3n) is 3.81. The van der Waals surface area contributed by atoms with E-state index in [4.69, 9.17) is 5.26 Å². The van der Waals surface area contributed by atoms with Crippen LogP contribution in [0.15, 0.2) is 24.3 Å². The molecule has 2 heteroatoms. The van der Waals surface area contributed by atoms with E-state index in [2.05, 4.69) is 42.2 Å². The molecule has 96 valence electrons. The maximum Gasteiger partial charge on any atom is 0.0866 e. The highest BCUT2D eigenvalue weighted by Crippen LogP contribution is 2.31. The van der Waals surface area contributed by atoms with Crippen LogP contribution in [0.2, 0.25) is 0 Å². The summed E-state index contributed by atoms with van der Waals surface area (Å²) in [6.07, 6.45) is 4.89. The van der Waals surface area contributed by atoms with Crippen LogP contribution < -0.4 is 0 Å². The van der Waals surface area contributed by atoms with Gasteiger partial charge in [-0.25, -0.2) is 0 Å². The van der Waals surface area contributed by atoms with Crippen molar-refractivity contribution in [3.8, 4) is 6.07 Å². The largest absolute Gasteiger partial charge is 0.290 e. The zero-order valence-electron chi connectivity index (χ0n) is 11.2.